The fourth-order valence-electron chi connectivity index (χ4n) is 3.11. The largest absolute Gasteiger partial charge is 0.368 e. The van der Waals surface area contributed by atoms with E-state index < -0.39 is 10.0 Å². The summed E-state index contributed by atoms with van der Waals surface area (Å²) >= 11 is 0. The molecule has 2 heterocycles. The van der Waals surface area contributed by atoms with Gasteiger partial charge in [0.1, 0.15) is 0 Å². The first-order valence-electron chi connectivity index (χ1n) is 9.37. The van der Waals surface area contributed by atoms with Crippen molar-refractivity contribution in [3.8, 4) is 0 Å². The van der Waals surface area contributed by atoms with E-state index >= 15 is 0 Å². The number of sulfonamides is 1. The van der Waals surface area contributed by atoms with Crippen molar-refractivity contribution in [2.75, 3.05) is 46.5 Å². The van der Waals surface area contributed by atoms with Crippen LogP contribution in [0.3, 0.4) is 0 Å². The number of piperazine rings is 1. The van der Waals surface area contributed by atoms with Crippen LogP contribution < -0.4 is 14.5 Å². The number of hydrogen-bond acceptors (Lipinski definition) is 6. The third-order valence-electron chi connectivity index (χ3n) is 4.65. The van der Waals surface area contributed by atoms with Crippen molar-refractivity contribution in [3.63, 3.8) is 0 Å². The van der Waals surface area contributed by atoms with Gasteiger partial charge in [0.15, 0.2) is 11.6 Å². The molecule has 7 nitrogen and oxygen atoms in total. The second kappa shape index (κ2) is 8.56. The first-order chi connectivity index (χ1) is 13.0. The number of hydrogen-bond donors (Lipinski definition) is 1. The molecule has 1 aromatic carbocycles. The van der Waals surface area contributed by atoms with Crippen LogP contribution in [0.5, 0.6) is 0 Å². The Morgan fingerprint density at radius 2 is 1.78 bits per heavy atom. The van der Waals surface area contributed by atoms with Crippen molar-refractivity contribution >= 4 is 27.3 Å². The van der Waals surface area contributed by atoms with E-state index in [2.05, 4.69) is 55.9 Å². The second-order valence-electron chi connectivity index (χ2n) is 6.86. The number of anilines is 3. The van der Waals surface area contributed by atoms with Gasteiger partial charge in [-0.25, -0.2) is 8.42 Å². The zero-order chi connectivity index (χ0) is 19.3. The van der Waals surface area contributed by atoms with Crippen LogP contribution in [0.2, 0.25) is 0 Å². The first kappa shape index (κ1) is 19.4. The highest BCUT2D eigenvalue weighted by Gasteiger charge is 2.19. The normalized spacial score (nSPS) is 15.0. The summed E-state index contributed by atoms with van der Waals surface area (Å²) in [5.41, 5.74) is 2.51. The summed E-state index contributed by atoms with van der Waals surface area (Å²) in [5, 5.41) is 8.25. The summed E-state index contributed by atoms with van der Waals surface area (Å²) < 4.78 is 26.4. The van der Waals surface area contributed by atoms with E-state index in [-0.39, 0.29) is 11.6 Å². The number of rotatable bonds is 7. The predicted octanol–water partition coefficient (Wildman–Crippen LogP) is 2.65. The molecule has 0 radical (unpaired) electrons. The quantitative estimate of drug-likeness (QED) is 0.784. The van der Waals surface area contributed by atoms with Crippen molar-refractivity contribution in [1.29, 1.82) is 0 Å². The zero-order valence-corrected chi connectivity index (χ0v) is 16.7. The highest BCUT2D eigenvalue weighted by atomic mass is 32.2. The minimum Gasteiger partial charge on any atom is -0.368 e. The molecule has 0 bridgehead atoms. The van der Waals surface area contributed by atoms with Gasteiger partial charge in [-0.3, -0.25) is 4.72 Å². The molecule has 1 N–H and O–H groups in total. The highest BCUT2D eigenvalue weighted by Crippen LogP contribution is 2.20. The Labute approximate surface area is 161 Å². The number of nitrogens with zero attached hydrogens (tertiary/aromatic N) is 4. The van der Waals surface area contributed by atoms with Crippen LogP contribution in [0, 0.1) is 6.92 Å². The molecular formula is C19H27N5O2S. The maximum atomic E-state index is 11.9. The van der Waals surface area contributed by atoms with E-state index in [1.54, 1.807) is 6.07 Å². The molecule has 0 atom stereocenters. The molecule has 1 saturated heterocycles. The van der Waals surface area contributed by atoms with Crippen molar-refractivity contribution in [2.45, 2.75) is 26.7 Å². The molecule has 0 saturated carbocycles. The van der Waals surface area contributed by atoms with E-state index in [4.69, 9.17) is 0 Å². The molecule has 27 heavy (non-hydrogen) atoms. The summed E-state index contributed by atoms with van der Waals surface area (Å²) in [6.07, 6.45) is 1.46. The highest BCUT2D eigenvalue weighted by molar-refractivity contribution is 7.92. The Balaban J connectivity index is 1.57. The Hall–Kier alpha value is -2.35. The van der Waals surface area contributed by atoms with Crippen LogP contribution in [-0.2, 0) is 10.0 Å². The van der Waals surface area contributed by atoms with Gasteiger partial charge in [-0.2, -0.15) is 0 Å². The van der Waals surface area contributed by atoms with Gasteiger partial charge in [-0.1, -0.05) is 25.5 Å². The van der Waals surface area contributed by atoms with Gasteiger partial charge >= 0.3 is 0 Å². The lowest BCUT2D eigenvalue weighted by Crippen LogP contribution is -2.46. The van der Waals surface area contributed by atoms with Crippen molar-refractivity contribution in [3.05, 3.63) is 42.0 Å². The van der Waals surface area contributed by atoms with Crippen LogP contribution in [0.1, 0.15) is 25.3 Å². The molecule has 1 aromatic heterocycles. The van der Waals surface area contributed by atoms with Gasteiger partial charge in [0.2, 0.25) is 10.0 Å². The molecule has 1 aliphatic heterocycles. The van der Waals surface area contributed by atoms with Crippen molar-refractivity contribution in [1.82, 2.24) is 10.2 Å². The fourth-order valence-corrected chi connectivity index (χ4v) is 4.31. The molecule has 8 heteroatoms. The number of unbranched alkanes of at least 4 members (excludes halogenated alkanes) is 1. The van der Waals surface area contributed by atoms with Crippen LogP contribution >= 0.6 is 0 Å². The number of nitrogens with one attached hydrogen (secondary N) is 1. The van der Waals surface area contributed by atoms with Gasteiger partial charge < -0.3 is 9.80 Å². The molecule has 1 aliphatic rings. The third-order valence-corrected chi connectivity index (χ3v) is 5.99. The average molecular weight is 390 g/mol. The molecule has 2 aromatic rings. The topological polar surface area (TPSA) is 78.4 Å². The van der Waals surface area contributed by atoms with E-state index in [1.165, 1.54) is 11.3 Å². The lowest BCUT2D eigenvalue weighted by atomic mass is 10.2. The Morgan fingerprint density at radius 3 is 2.41 bits per heavy atom. The Kier molecular flexibility index (Phi) is 6.15. The minimum atomic E-state index is -3.35. The molecule has 146 valence electrons. The van der Waals surface area contributed by atoms with Gasteiger partial charge in [-0.05, 0) is 43.2 Å². The molecule has 0 aliphatic carbocycles. The van der Waals surface area contributed by atoms with Crippen LogP contribution in [0.25, 0.3) is 0 Å². The maximum absolute atomic E-state index is 11.9. The number of aryl methyl sites for hydroxylation is 1. The maximum Gasteiger partial charge on any atom is 0.233 e. The van der Waals surface area contributed by atoms with E-state index in [0.717, 1.165) is 38.4 Å². The van der Waals surface area contributed by atoms with Gasteiger partial charge in [0.25, 0.3) is 0 Å². The van der Waals surface area contributed by atoms with Crippen LogP contribution in [0.15, 0.2) is 36.4 Å². The number of benzene rings is 1. The lowest BCUT2D eigenvalue weighted by molar-refractivity contribution is 0.597. The molecule has 1 fully saturated rings. The lowest BCUT2D eigenvalue weighted by Gasteiger charge is -2.36. The standard InChI is InChI=1S/C19H27N5O2S/c1-3-4-14-27(25,26)22-18-8-9-19(21-20-18)24-12-10-23(11-13-24)17-7-5-6-16(2)15-17/h5-9,15H,3-4,10-14H2,1-2H3,(H,20,22). The van der Waals surface area contributed by atoms with Crippen molar-refractivity contribution in [2.24, 2.45) is 0 Å². The first-order valence-corrected chi connectivity index (χ1v) is 11.0. The Morgan fingerprint density at radius 1 is 1.04 bits per heavy atom. The zero-order valence-electron chi connectivity index (χ0n) is 15.9. The summed E-state index contributed by atoms with van der Waals surface area (Å²) in [4.78, 5) is 4.54. The van der Waals surface area contributed by atoms with Gasteiger partial charge in [0, 0.05) is 31.9 Å². The molecule has 3 rings (SSSR count). The SMILES string of the molecule is CCCCS(=O)(=O)Nc1ccc(N2CCN(c3cccc(C)c3)CC2)nn1. The second-order valence-corrected chi connectivity index (χ2v) is 8.71. The summed E-state index contributed by atoms with van der Waals surface area (Å²) in [7, 11) is -3.35. The smallest absolute Gasteiger partial charge is 0.233 e. The minimum absolute atomic E-state index is 0.105. The van der Waals surface area contributed by atoms with Gasteiger partial charge in [0.05, 0.1) is 5.75 Å². The molecule has 0 amide bonds. The summed E-state index contributed by atoms with van der Waals surface area (Å²) in [5.74, 6) is 1.15. The summed E-state index contributed by atoms with van der Waals surface area (Å²) in [6, 6.07) is 12.0. The third kappa shape index (κ3) is 5.32. The Bertz CT molecular complexity index is 847. The average Bonchev–Trinajstić information content (AvgIpc) is 2.67. The predicted molar refractivity (Wildman–Crippen MR) is 110 cm³/mol. The molecular weight excluding hydrogens is 362 g/mol. The summed E-state index contributed by atoms with van der Waals surface area (Å²) in [6.45, 7) is 7.59. The molecule has 0 unspecified atom stereocenters. The monoisotopic (exact) mass is 389 g/mol. The van der Waals surface area contributed by atoms with E-state index in [9.17, 15) is 8.42 Å². The van der Waals surface area contributed by atoms with Gasteiger partial charge in [-0.15, -0.1) is 10.2 Å². The van der Waals surface area contributed by atoms with E-state index in [0.29, 0.717) is 6.42 Å². The van der Waals surface area contributed by atoms with Crippen molar-refractivity contribution < 1.29 is 8.42 Å². The van der Waals surface area contributed by atoms with E-state index in [1.807, 2.05) is 13.0 Å². The number of aromatic nitrogens is 2. The fraction of sp³-hybridized carbons (Fsp3) is 0.474. The van der Waals surface area contributed by atoms with Crippen LogP contribution in [-0.4, -0.2) is 50.5 Å². The molecule has 0 spiro atoms. The van der Waals surface area contributed by atoms with Crippen LogP contribution in [0.4, 0.5) is 17.3 Å².